The van der Waals surface area contributed by atoms with E-state index in [-0.39, 0.29) is 0 Å². The lowest BCUT2D eigenvalue weighted by molar-refractivity contribution is 0.285. The predicted octanol–water partition coefficient (Wildman–Crippen LogP) is 0.694. The van der Waals surface area contributed by atoms with Gasteiger partial charge >= 0.3 is 7.67 Å². The van der Waals surface area contributed by atoms with Gasteiger partial charge in [-0.15, -0.1) is 12.6 Å². The molecule has 0 saturated heterocycles. The molecule has 0 aromatic carbocycles. The van der Waals surface area contributed by atoms with Crippen LogP contribution < -0.4 is 11.0 Å². The SMILES string of the molecule is CCC(S)OP(N)(N)=O. The van der Waals surface area contributed by atoms with E-state index in [4.69, 9.17) is 11.0 Å². The van der Waals surface area contributed by atoms with E-state index in [2.05, 4.69) is 17.2 Å². The number of nitrogens with two attached hydrogens (primary N) is 2. The molecular weight excluding hydrogens is 159 g/mol. The normalized spacial score (nSPS) is 15.6. The molecule has 1 unspecified atom stereocenters. The summed E-state index contributed by atoms with van der Waals surface area (Å²) < 4.78 is 15.0. The van der Waals surface area contributed by atoms with Crippen LogP contribution in [0.25, 0.3) is 0 Å². The Balaban J connectivity index is 3.60. The lowest BCUT2D eigenvalue weighted by Crippen LogP contribution is -2.12. The van der Waals surface area contributed by atoms with Gasteiger partial charge in [0, 0.05) is 0 Å². The van der Waals surface area contributed by atoms with Gasteiger partial charge in [0.05, 0.1) is 0 Å². The molecule has 0 aliphatic rings. The summed E-state index contributed by atoms with van der Waals surface area (Å²) >= 11 is 3.87. The number of thiol groups is 1. The van der Waals surface area contributed by atoms with Crippen LogP contribution in [0.5, 0.6) is 0 Å². The average molecular weight is 170 g/mol. The zero-order valence-electron chi connectivity index (χ0n) is 5.15. The summed E-state index contributed by atoms with van der Waals surface area (Å²) in [7, 11) is -3.31. The second-order valence-electron chi connectivity index (χ2n) is 1.61. The summed E-state index contributed by atoms with van der Waals surface area (Å²) in [6, 6.07) is 0. The van der Waals surface area contributed by atoms with Crippen LogP contribution >= 0.6 is 20.3 Å². The van der Waals surface area contributed by atoms with Crippen LogP contribution in [0, 0.1) is 0 Å². The largest absolute Gasteiger partial charge is 0.336 e. The van der Waals surface area contributed by atoms with E-state index < -0.39 is 13.1 Å². The summed E-state index contributed by atoms with van der Waals surface area (Å²) in [5.41, 5.74) is 9.32. The lowest BCUT2D eigenvalue weighted by Gasteiger charge is -2.11. The molecule has 0 aliphatic heterocycles. The van der Waals surface area contributed by atoms with Crippen LogP contribution in [0.4, 0.5) is 0 Å². The molecule has 6 heteroatoms. The lowest BCUT2D eigenvalue weighted by atomic mass is 10.5. The third-order valence-corrected chi connectivity index (χ3v) is 1.86. The molecular formula is C3H11N2O2PS. The minimum atomic E-state index is -3.31. The maximum absolute atomic E-state index is 10.5. The quantitative estimate of drug-likeness (QED) is 0.331. The fourth-order valence-corrected chi connectivity index (χ4v) is 1.24. The summed E-state index contributed by atoms with van der Waals surface area (Å²) in [5.74, 6) is 0. The van der Waals surface area contributed by atoms with Crippen molar-refractivity contribution in [3.63, 3.8) is 0 Å². The van der Waals surface area contributed by atoms with E-state index in [1.807, 2.05) is 6.92 Å². The predicted molar refractivity (Wildman–Crippen MR) is 40.1 cm³/mol. The first-order valence-corrected chi connectivity index (χ1v) is 4.77. The van der Waals surface area contributed by atoms with Crippen LogP contribution in [0.15, 0.2) is 0 Å². The van der Waals surface area contributed by atoms with Crippen molar-refractivity contribution in [1.29, 1.82) is 0 Å². The van der Waals surface area contributed by atoms with E-state index in [1.165, 1.54) is 0 Å². The fourth-order valence-electron chi connectivity index (χ4n) is 0.265. The highest BCUT2D eigenvalue weighted by atomic mass is 32.1. The van der Waals surface area contributed by atoms with Crippen molar-refractivity contribution < 1.29 is 9.09 Å². The van der Waals surface area contributed by atoms with Crippen molar-refractivity contribution >= 4 is 20.3 Å². The minimum absolute atomic E-state index is 0.425. The molecule has 0 fully saturated rings. The van der Waals surface area contributed by atoms with Gasteiger partial charge in [0.2, 0.25) is 0 Å². The van der Waals surface area contributed by atoms with Crippen LogP contribution in [0.1, 0.15) is 13.3 Å². The van der Waals surface area contributed by atoms with Gasteiger partial charge in [0.15, 0.2) is 0 Å². The second kappa shape index (κ2) is 3.58. The van der Waals surface area contributed by atoms with E-state index >= 15 is 0 Å². The molecule has 0 aromatic heterocycles. The highest BCUT2D eigenvalue weighted by Gasteiger charge is 2.12. The standard InChI is InChI=1S/C3H11N2O2PS/c1-2-3(9)7-8(4,5)6/h3,9H,2H2,1H3,(H4,4,5,6). The molecule has 0 rings (SSSR count). The van der Waals surface area contributed by atoms with Crippen LogP contribution in [-0.2, 0) is 9.09 Å². The van der Waals surface area contributed by atoms with Gasteiger partial charge in [0.25, 0.3) is 0 Å². The van der Waals surface area contributed by atoms with Crippen molar-refractivity contribution in [3.05, 3.63) is 0 Å². The number of hydrogen-bond donors (Lipinski definition) is 3. The first-order valence-electron chi connectivity index (χ1n) is 2.49. The Morgan fingerprint density at radius 3 is 2.33 bits per heavy atom. The van der Waals surface area contributed by atoms with Crippen LogP contribution in [0.3, 0.4) is 0 Å². The highest BCUT2D eigenvalue weighted by Crippen LogP contribution is 2.30. The zero-order chi connectivity index (χ0) is 7.49. The monoisotopic (exact) mass is 170 g/mol. The van der Waals surface area contributed by atoms with E-state index in [1.54, 1.807) is 0 Å². The molecule has 56 valence electrons. The molecule has 4 N–H and O–H groups in total. The molecule has 0 heterocycles. The molecule has 9 heavy (non-hydrogen) atoms. The van der Waals surface area contributed by atoms with Crippen molar-refractivity contribution in [1.82, 2.24) is 0 Å². The van der Waals surface area contributed by atoms with Gasteiger partial charge in [-0.25, -0.2) is 11.0 Å². The Hall–Kier alpha value is 0.460. The van der Waals surface area contributed by atoms with Crippen LogP contribution in [0.2, 0.25) is 0 Å². The summed E-state index contributed by atoms with van der Waals surface area (Å²) in [6.45, 7) is 1.83. The second-order valence-corrected chi connectivity index (χ2v) is 3.69. The molecule has 0 aromatic rings. The van der Waals surface area contributed by atoms with Crippen molar-refractivity contribution in [2.24, 2.45) is 11.0 Å². The Morgan fingerprint density at radius 2 is 2.22 bits per heavy atom. The van der Waals surface area contributed by atoms with Crippen LogP contribution in [-0.4, -0.2) is 5.44 Å². The number of rotatable bonds is 3. The highest BCUT2D eigenvalue weighted by molar-refractivity contribution is 7.81. The zero-order valence-corrected chi connectivity index (χ0v) is 6.94. The van der Waals surface area contributed by atoms with Crippen molar-refractivity contribution in [2.45, 2.75) is 18.8 Å². The van der Waals surface area contributed by atoms with Gasteiger partial charge < -0.3 is 0 Å². The molecule has 4 nitrogen and oxygen atoms in total. The topological polar surface area (TPSA) is 78.3 Å². The summed E-state index contributed by atoms with van der Waals surface area (Å²) in [6.07, 6.45) is 0.626. The maximum atomic E-state index is 10.5. The smallest absolute Gasteiger partial charge is 0.292 e. The van der Waals surface area contributed by atoms with Gasteiger partial charge in [-0.3, -0.25) is 9.09 Å². The third kappa shape index (κ3) is 6.34. The Labute approximate surface area is 59.9 Å². The van der Waals surface area contributed by atoms with Gasteiger partial charge in [-0.2, -0.15) is 0 Å². The Morgan fingerprint density at radius 1 is 1.78 bits per heavy atom. The van der Waals surface area contributed by atoms with Crippen molar-refractivity contribution in [2.75, 3.05) is 0 Å². The molecule has 1 atom stereocenters. The van der Waals surface area contributed by atoms with E-state index in [9.17, 15) is 4.57 Å². The molecule has 0 spiro atoms. The first kappa shape index (κ1) is 9.46. The van der Waals surface area contributed by atoms with E-state index in [0.29, 0.717) is 6.42 Å². The average Bonchev–Trinajstić information content (AvgIpc) is 1.62. The Bertz CT molecular complexity index is 125. The molecule has 0 radical (unpaired) electrons. The van der Waals surface area contributed by atoms with Gasteiger partial charge in [-0.1, -0.05) is 6.92 Å². The van der Waals surface area contributed by atoms with Gasteiger partial charge in [0.1, 0.15) is 5.44 Å². The maximum Gasteiger partial charge on any atom is 0.336 e. The molecule has 0 saturated carbocycles. The van der Waals surface area contributed by atoms with Crippen molar-refractivity contribution in [3.8, 4) is 0 Å². The van der Waals surface area contributed by atoms with E-state index in [0.717, 1.165) is 0 Å². The van der Waals surface area contributed by atoms with Gasteiger partial charge in [-0.05, 0) is 6.42 Å². The first-order chi connectivity index (χ1) is 3.95. The minimum Gasteiger partial charge on any atom is -0.292 e. The summed E-state index contributed by atoms with van der Waals surface area (Å²) in [4.78, 5) is 0. The molecule has 0 bridgehead atoms. The third-order valence-electron chi connectivity index (χ3n) is 0.636. The molecule has 0 aliphatic carbocycles. The fraction of sp³-hybridized carbons (Fsp3) is 1.00. The summed E-state index contributed by atoms with van der Waals surface area (Å²) in [5, 5.41) is 0. The number of hydrogen-bond acceptors (Lipinski definition) is 3. The molecule has 0 amide bonds. The Kier molecular flexibility index (Phi) is 3.77.